The summed E-state index contributed by atoms with van der Waals surface area (Å²) < 4.78 is 18.5. The van der Waals surface area contributed by atoms with Crippen molar-refractivity contribution in [3.8, 4) is 135 Å². The van der Waals surface area contributed by atoms with E-state index in [0.29, 0.717) is 0 Å². The molecule has 0 unspecified atom stereocenters. The first-order valence-electron chi connectivity index (χ1n) is 46.8. The van der Waals surface area contributed by atoms with Crippen LogP contribution in [0.4, 0.5) is 17.1 Å². The topological polar surface area (TPSA) is 146 Å². The fraction of sp³-hybridized carbons (Fsp3) is 0.0154. The zero-order chi connectivity index (χ0) is 92.8. The van der Waals surface area contributed by atoms with E-state index in [9.17, 15) is 0 Å². The van der Waals surface area contributed by atoms with E-state index in [1.54, 1.807) is 0 Å². The van der Waals surface area contributed by atoms with Gasteiger partial charge in [0.2, 0.25) is 0 Å². The van der Waals surface area contributed by atoms with Crippen molar-refractivity contribution in [3.05, 3.63) is 491 Å². The number of anilines is 3. The van der Waals surface area contributed by atoms with E-state index in [2.05, 4.69) is 296 Å². The van der Waals surface area contributed by atoms with E-state index < -0.39 is 0 Å². The second-order valence-corrected chi connectivity index (χ2v) is 34.7. The Balaban J connectivity index is 0.000000118. The van der Waals surface area contributed by atoms with Crippen LogP contribution in [0.15, 0.2) is 505 Å². The van der Waals surface area contributed by atoms with Crippen LogP contribution in [0.3, 0.4) is 0 Å². The second-order valence-electron chi connectivity index (χ2n) is 34.7. The molecule has 12 heteroatoms. The number of para-hydroxylation sites is 13. The largest absolute Gasteiger partial charge is 0.456 e. The molecule has 20 aromatic carbocycles. The van der Waals surface area contributed by atoms with E-state index in [0.717, 1.165) is 262 Å². The molecule has 7 aromatic heterocycles. The third kappa shape index (κ3) is 16.6. The van der Waals surface area contributed by atoms with Crippen molar-refractivity contribution in [3.63, 3.8) is 0 Å². The summed E-state index contributed by atoms with van der Waals surface area (Å²) in [5, 5.41) is 6.76. The van der Waals surface area contributed by atoms with Crippen molar-refractivity contribution in [1.82, 2.24) is 39.9 Å². The molecule has 0 amide bonds. The van der Waals surface area contributed by atoms with E-state index in [-0.39, 0.29) is 14.9 Å². The summed E-state index contributed by atoms with van der Waals surface area (Å²) in [6, 6.07) is 169. The third-order valence-corrected chi connectivity index (χ3v) is 26.0. The van der Waals surface area contributed by atoms with Crippen molar-refractivity contribution < 1.29 is 13.3 Å². The van der Waals surface area contributed by atoms with Crippen molar-refractivity contribution in [2.45, 2.75) is 14.9 Å². The van der Waals surface area contributed by atoms with Gasteiger partial charge in [0, 0.05) is 93.9 Å². The van der Waals surface area contributed by atoms with Crippen molar-refractivity contribution >= 4 is 127 Å². The number of hydrogen-bond acceptors (Lipinski definition) is 12. The Hall–Kier alpha value is -19.0. The normalized spacial score (nSPS) is 11.3. The van der Waals surface area contributed by atoms with Gasteiger partial charge < -0.3 is 18.2 Å². The highest BCUT2D eigenvalue weighted by atomic mass is 16.3. The molecule has 0 bridgehead atoms. The maximum atomic E-state index is 6.18. The molecule has 7 heterocycles. The first kappa shape index (κ1) is 87.0. The number of fused-ring (bicyclic) bond motifs is 13. The number of furan rings is 3. The maximum Gasteiger partial charge on any atom is 0.136 e. The van der Waals surface area contributed by atoms with Gasteiger partial charge in [0.1, 0.15) is 33.5 Å². The minimum absolute atomic E-state index is 0. The molecule has 12 nitrogen and oxygen atoms in total. The smallest absolute Gasteiger partial charge is 0.136 e. The van der Waals surface area contributed by atoms with Crippen LogP contribution in [0.5, 0.6) is 0 Å². The van der Waals surface area contributed by atoms with Crippen LogP contribution in [0.1, 0.15) is 14.9 Å². The minimum atomic E-state index is 0. The molecule has 0 atom stereocenters. The molecule has 0 radical (unpaired) electrons. The molecule has 27 rings (SSSR count). The van der Waals surface area contributed by atoms with E-state index in [1.807, 2.05) is 200 Å². The van der Waals surface area contributed by atoms with Gasteiger partial charge in [0.25, 0.3) is 0 Å². The highest BCUT2D eigenvalue weighted by Gasteiger charge is 2.25. The van der Waals surface area contributed by atoms with Gasteiger partial charge in [-0.05, 0) is 184 Å². The fourth-order valence-corrected chi connectivity index (χ4v) is 19.4. The number of nitrogens with zero attached hydrogens (tertiary/aromatic N) is 9. The molecule has 0 aliphatic heterocycles. The van der Waals surface area contributed by atoms with Crippen LogP contribution in [-0.2, 0) is 0 Å². The predicted molar refractivity (Wildman–Crippen MR) is 587 cm³/mol. The number of aromatic nitrogens is 8. The lowest BCUT2D eigenvalue weighted by Crippen LogP contribution is -2.09. The molecule has 27 aromatic rings. The number of rotatable bonds is 15. The predicted octanol–water partition coefficient (Wildman–Crippen LogP) is 35.3. The summed E-state index contributed by atoms with van der Waals surface area (Å²) in [5.74, 6) is 0. The first-order chi connectivity index (χ1) is 69.4. The van der Waals surface area contributed by atoms with Gasteiger partial charge in [-0.25, -0.2) is 39.9 Å². The molecular formula is C130H89N9O3. The Kier molecular flexibility index (Phi) is 23.2. The summed E-state index contributed by atoms with van der Waals surface area (Å²) in [6.45, 7) is 0. The molecule has 0 aliphatic rings. The van der Waals surface area contributed by atoms with Gasteiger partial charge in [-0.2, -0.15) is 0 Å². The van der Waals surface area contributed by atoms with Crippen LogP contribution < -0.4 is 4.90 Å². The van der Waals surface area contributed by atoms with Gasteiger partial charge >= 0.3 is 0 Å². The lowest BCUT2D eigenvalue weighted by molar-refractivity contribution is 0.668. The van der Waals surface area contributed by atoms with Crippen LogP contribution in [0.2, 0.25) is 0 Å². The van der Waals surface area contributed by atoms with Crippen molar-refractivity contribution in [2.24, 2.45) is 0 Å². The fourth-order valence-electron chi connectivity index (χ4n) is 19.4. The second kappa shape index (κ2) is 37.9. The molecule has 0 fully saturated rings. The van der Waals surface area contributed by atoms with Gasteiger partial charge in [0.05, 0.1) is 89.7 Å². The zero-order valence-electron chi connectivity index (χ0n) is 75.5. The van der Waals surface area contributed by atoms with E-state index in [4.69, 9.17) is 53.1 Å². The quantitative estimate of drug-likeness (QED) is 0.0963. The average Bonchev–Trinajstić information content (AvgIpc) is 1.62. The first-order valence-corrected chi connectivity index (χ1v) is 46.8. The monoisotopic (exact) mass is 1820 g/mol. The van der Waals surface area contributed by atoms with Crippen molar-refractivity contribution in [2.75, 3.05) is 4.90 Å². The minimum Gasteiger partial charge on any atom is -0.456 e. The molecule has 0 saturated carbocycles. The molecule has 0 aliphatic carbocycles. The Morgan fingerprint density at radius 2 is 0.345 bits per heavy atom. The summed E-state index contributed by atoms with van der Waals surface area (Å²) in [4.78, 5) is 43.6. The molecule has 0 spiro atoms. The lowest BCUT2D eigenvalue weighted by Gasteiger charge is -2.26. The summed E-state index contributed by atoms with van der Waals surface area (Å²) in [5.41, 5.74) is 39.3. The lowest BCUT2D eigenvalue weighted by atomic mass is 9.94. The van der Waals surface area contributed by atoms with Gasteiger partial charge in [-0.1, -0.05) is 367 Å². The van der Waals surface area contributed by atoms with Crippen LogP contribution >= 0.6 is 0 Å². The molecular weight excluding hydrogens is 1740 g/mol. The Morgan fingerprint density at radius 3 is 0.676 bits per heavy atom. The van der Waals surface area contributed by atoms with Crippen LogP contribution in [-0.4, -0.2) is 39.9 Å². The molecule has 0 N–H and O–H groups in total. The van der Waals surface area contributed by atoms with Crippen LogP contribution in [0.25, 0.3) is 245 Å². The van der Waals surface area contributed by atoms with Gasteiger partial charge in [-0.15, -0.1) is 0 Å². The standard InChI is InChI=1S/C46H28N4O.C44H29N3O.C38H24N2O.2CH4/c1-2-12-30(13-3-1)43-45(49-38-20-7-5-18-36(38)47-43)32-14-10-15-33(28-32)46-44(48-37-19-6-8-21-39(37)50-46)31-26-24-29(25-27-31)34-17-11-23-41-42(34)35-16-4-9-22-40(35)51-41;1-3-14-33(15-4-1)47(34-16-5-2-6-17-34)35-18-11-13-32(29-35)44-43(45-38-21-8-9-22-39(38)46-44)31-27-25-30(26-28-31)36-20-12-24-41-42(36)37-19-7-10-23-40(37)48-41;1-2-11-25(12-3-1)37-38(40-33-20-6-5-19-32(33)39-37)29-16-9-14-27(24-29)26-13-8-15-28(23-26)30-18-10-22-35-36(30)31-17-4-7-21-34(31)41-35;;/h1-28H;1-29H;1-24H;2*1H4. The Morgan fingerprint density at radius 1 is 0.141 bits per heavy atom. The van der Waals surface area contributed by atoms with Crippen LogP contribution in [0, 0.1) is 0 Å². The molecule has 0 saturated heterocycles. The summed E-state index contributed by atoms with van der Waals surface area (Å²) >= 11 is 0. The van der Waals surface area contributed by atoms with Crippen molar-refractivity contribution in [1.29, 1.82) is 0 Å². The third-order valence-electron chi connectivity index (χ3n) is 26.0. The Bertz CT molecular complexity index is 9360. The number of benzene rings is 20. The van der Waals surface area contributed by atoms with E-state index in [1.165, 1.54) is 0 Å². The van der Waals surface area contributed by atoms with E-state index >= 15 is 0 Å². The highest BCUT2D eigenvalue weighted by Crippen LogP contribution is 2.46. The molecule has 672 valence electrons. The summed E-state index contributed by atoms with van der Waals surface area (Å²) in [7, 11) is 0. The van der Waals surface area contributed by atoms with Gasteiger partial charge in [-0.3, -0.25) is 0 Å². The summed E-state index contributed by atoms with van der Waals surface area (Å²) in [6.07, 6.45) is 0. The van der Waals surface area contributed by atoms with Gasteiger partial charge in [0.15, 0.2) is 0 Å². The maximum absolute atomic E-state index is 6.18. The highest BCUT2D eigenvalue weighted by molar-refractivity contribution is 6.15. The number of hydrogen-bond donors (Lipinski definition) is 0. The average molecular weight is 1830 g/mol. The zero-order valence-corrected chi connectivity index (χ0v) is 75.5. The molecule has 142 heavy (non-hydrogen) atoms. The SMILES string of the molecule is C.C.c1ccc(-c2nc3ccccc3nc2-c2cccc(-c3cccc(-c4cccc5oc6ccccc6c45)c3)c2)cc1.c1ccc(-c2nc3ccccc3nc2-c2cccc(-c3nc4ccccc4nc3-c3ccc(-c4cccc5oc6ccccc6c45)cc3)c2)cc1.c1ccc(N(c2ccccc2)c2cccc(-c3nc4ccccc4nc3-c3ccc(-c4cccc5oc6ccccc6c45)cc3)c2)cc1. The Labute approximate surface area is 820 Å².